The topological polar surface area (TPSA) is 48.1 Å². The molecule has 1 fully saturated rings. The normalized spacial score (nSPS) is 19.1. The first-order valence-corrected chi connectivity index (χ1v) is 8.48. The van der Waals surface area contributed by atoms with Crippen LogP contribution in [0.3, 0.4) is 0 Å². The molecule has 3 aromatic rings. The number of anilines is 1. The van der Waals surface area contributed by atoms with Crippen LogP contribution in [0.5, 0.6) is 0 Å². The summed E-state index contributed by atoms with van der Waals surface area (Å²) in [4.78, 5) is 9.36. The molecule has 5 nitrogen and oxygen atoms in total. The number of piperazine rings is 1. The summed E-state index contributed by atoms with van der Waals surface area (Å²) < 4.78 is 0. The highest BCUT2D eigenvalue weighted by Gasteiger charge is 2.22. The molecule has 124 valence electrons. The maximum Gasteiger partial charge on any atom is 0.129 e. The van der Waals surface area contributed by atoms with Crippen molar-refractivity contribution >= 4 is 16.7 Å². The summed E-state index contributed by atoms with van der Waals surface area (Å²) in [5.74, 6) is 1.04. The van der Waals surface area contributed by atoms with Gasteiger partial charge in [0, 0.05) is 42.8 Å². The first kappa shape index (κ1) is 15.1. The standard InChI is InChI=1S/C19H23N5/c1-13-4-5-17-16(10-13)19(22-21-17)15-6-7-20-18(11-15)24-9-8-23(3)14(2)12-24/h4-7,10-11,14H,8-9,12H2,1-3H3,(H,21,22). The molecule has 0 radical (unpaired) electrons. The third kappa shape index (κ3) is 2.65. The second-order valence-electron chi connectivity index (χ2n) is 6.80. The third-order valence-electron chi connectivity index (χ3n) is 5.02. The SMILES string of the molecule is Cc1ccc2[nH]nc(-c3ccnc(N4CCN(C)C(C)C4)c3)c2c1. The van der Waals surface area contributed by atoms with Gasteiger partial charge in [-0.05, 0) is 45.2 Å². The van der Waals surface area contributed by atoms with E-state index in [0.717, 1.165) is 42.2 Å². The zero-order chi connectivity index (χ0) is 16.7. The van der Waals surface area contributed by atoms with E-state index in [2.05, 4.69) is 70.1 Å². The van der Waals surface area contributed by atoms with Gasteiger partial charge in [-0.3, -0.25) is 5.10 Å². The third-order valence-corrected chi connectivity index (χ3v) is 5.02. The molecule has 0 spiro atoms. The monoisotopic (exact) mass is 321 g/mol. The van der Waals surface area contributed by atoms with Gasteiger partial charge in [0.25, 0.3) is 0 Å². The van der Waals surface area contributed by atoms with E-state index in [9.17, 15) is 0 Å². The zero-order valence-electron chi connectivity index (χ0n) is 14.5. The van der Waals surface area contributed by atoms with Crippen LogP contribution in [0.1, 0.15) is 12.5 Å². The molecule has 1 unspecified atom stereocenters. The van der Waals surface area contributed by atoms with Crippen LogP contribution in [0.4, 0.5) is 5.82 Å². The van der Waals surface area contributed by atoms with Gasteiger partial charge in [-0.15, -0.1) is 0 Å². The minimum atomic E-state index is 0.540. The molecule has 0 amide bonds. The van der Waals surface area contributed by atoms with Gasteiger partial charge in [0.1, 0.15) is 11.5 Å². The molecule has 1 aliphatic heterocycles. The van der Waals surface area contributed by atoms with Crippen LogP contribution in [0.25, 0.3) is 22.2 Å². The van der Waals surface area contributed by atoms with Crippen molar-refractivity contribution in [2.75, 3.05) is 31.6 Å². The Morgan fingerprint density at radius 3 is 2.88 bits per heavy atom. The number of likely N-dealkylation sites (N-methyl/N-ethyl adjacent to an activating group) is 1. The molecular formula is C19H23N5. The van der Waals surface area contributed by atoms with Gasteiger partial charge in [-0.25, -0.2) is 4.98 Å². The summed E-state index contributed by atoms with van der Waals surface area (Å²) in [6.07, 6.45) is 1.89. The van der Waals surface area contributed by atoms with Crippen molar-refractivity contribution in [1.82, 2.24) is 20.1 Å². The van der Waals surface area contributed by atoms with Gasteiger partial charge in [0.2, 0.25) is 0 Å². The van der Waals surface area contributed by atoms with Gasteiger partial charge in [-0.1, -0.05) is 11.6 Å². The molecule has 1 aromatic carbocycles. The summed E-state index contributed by atoms with van der Waals surface area (Å²) in [7, 11) is 2.18. The fraction of sp³-hybridized carbons (Fsp3) is 0.368. The maximum absolute atomic E-state index is 4.60. The molecule has 0 bridgehead atoms. The Morgan fingerprint density at radius 1 is 1.17 bits per heavy atom. The molecule has 3 heterocycles. The number of nitrogens with zero attached hydrogens (tertiary/aromatic N) is 4. The van der Waals surface area contributed by atoms with Crippen LogP contribution >= 0.6 is 0 Å². The van der Waals surface area contributed by atoms with E-state index in [1.165, 1.54) is 10.9 Å². The lowest BCUT2D eigenvalue weighted by Crippen LogP contribution is -2.50. The summed E-state index contributed by atoms with van der Waals surface area (Å²) in [6.45, 7) is 7.46. The number of nitrogens with one attached hydrogen (secondary N) is 1. The first-order valence-electron chi connectivity index (χ1n) is 8.48. The highest BCUT2D eigenvalue weighted by atomic mass is 15.3. The van der Waals surface area contributed by atoms with Crippen molar-refractivity contribution in [3.8, 4) is 11.3 Å². The molecule has 1 N–H and O–H groups in total. The van der Waals surface area contributed by atoms with E-state index in [-0.39, 0.29) is 0 Å². The van der Waals surface area contributed by atoms with Crippen molar-refractivity contribution in [3.05, 3.63) is 42.1 Å². The summed E-state index contributed by atoms with van der Waals surface area (Å²) in [5, 5.41) is 8.84. The van der Waals surface area contributed by atoms with E-state index >= 15 is 0 Å². The lowest BCUT2D eigenvalue weighted by atomic mass is 10.1. The van der Waals surface area contributed by atoms with Gasteiger partial charge in [0.05, 0.1) is 5.52 Å². The number of benzene rings is 1. The predicted octanol–water partition coefficient (Wildman–Crippen LogP) is 3.07. The molecule has 1 saturated heterocycles. The largest absolute Gasteiger partial charge is 0.354 e. The molecule has 4 rings (SSSR count). The zero-order valence-corrected chi connectivity index (χ0v) is 14.5. The van der Waals surface area contributed by atoms with E-state index < -0.39 is 0 Å². The number of hydrogen-bond donors (Lipinski definition) is 1. The number of aryl methyl sites for hydroxylation is 1. The smallest absolute Gasteiger partial charge is 0.129 e. The van der Waals surface area contributed by atoms with Crippen molar-refractivity contribution < 1.29 is 0 Å². The van der Waals surface area contributed by atoms with Gasteiger partial charge < -0.3 is 9.80 Å². The highest BCUT2D eigenvalue weighted by molar-refractivity contribution is 5.93. The fourth-order valence-corrected chi connectivity index (χ4v) is 3.34. The number of hydrogen-bond acceptors (Lipinski definition) is 4. The van der Waals surface area contributed by atoms with Gasteiger partial charge in [0.15, 0.2) is 0 Å². The number of H-pyrrole nitrogens is 1. The quantitative estimate of drug-likeness (QED) is 0.788. The minimum Gasteiger partial charge on any atom is -0.354 e. The van der Waals surface area contributed by atoms with Crippen molar-refractivity contribution in [1.29, 1.82) is 0 Å². The first-order chi connectivity index (χ1) is 11.6. The lowest BCUT2D eigenvalue weighted by molar-refractivity contribution is 0.233. The van der Waals surface area contributed by atoms with Crippen LogP contribution in [-0.4, -0.2) is 52.8 Å². The number of aromatic amines is 1. The summed E-state index contributed by atoms with van der Waals surface area (Å²) >= 11 is 0. The number of fused-ring (bicyclic) bond motifs is 1. The van der Waals surface area contributed by atoms with Crippen LogP contribution < -0.4 is 4.90 Å². The molecule has 0 saturated carbocycles. The summed E-state index contributed by atoms with van der Waals surface area (Å²) in [6, 6.07) is 11.1. The average Bonchev–Trinajstić information content (AvgIpc) is 3.00. The Kier molecular flexibility index (Phi) is 3.73. The Hall–Kier alpha value is -2.40. The maximum atomic E-state index is 4.60. The molecular weight excluding hydrogens is 298 g/mol. The highest BCUT2D eigenvalue weighted by Crippen LogP contribution is 2.29. The van der Waals surface area contributed by atoms with Crippen LogP contribution in [0.2, 0.25) is 0 Å². The molecule has 2 aromatic heterocycles. The number of rotatable bonds is 2. The Labute approximate surface area is 142 Å². The van der Waals surface area contributed by atoms with Crippen LogP contribution in [0, 0.1) is 6.92 Å². The van der Waals surface area contributed by atoms with Crippen molar-refractivity contribution in [2.45, 2.75) is 19.9 Å². The van der Waals surface area contributed by atoms with Crippen LogP contribution in [-0.2, 0) is 0 Å². The molecule has 5 heteroatoms. The second-order valence-corrected chi connectivity index (χ2v) is 6.80. The fourth-order valence-electron chi connectivity index (χ4n) is 3.34. The van der Waals surface area contributed by atoms with Crippen LogP contribution in [0.15, 0.2) is 36.5 Å². The van der Waals surface area contributed by atoms with Crippen molar-refractivity contribution in [2.24, 2.45) is 0 Å². The minimum absolute atomic E-state index is 0.540. The average molecular weight is 321 g/mol. The predicted molar refractivity (Wildman–Crippen MR) is 98.4 cm³/mol. The van der Waals surface area contributed by atoms with Gasteiger partial charge in [-0.2, -0.15) is 5.10 Å². The Bertz CT molecular complexity index is 869. The number of pyridine rings is 1. The Morgan fingerprint density at radius 2 is 2.04 bits per heavy atom. The molecule has 1 atom stereocenters. The second kappa shape index (κ2) is 5.91. The van der Waals surface area contributed by atoms with E-state index in [0.29, 0.717) is 6.04 Å². The molecule has 24 heavy (non-hydrogen) atoms. The lowest BCUT2D eigenvalue weighted by Gasteiger charge is -2.38. The molecule has 1 aliphatic rings. The van der Waals surface area contributed by atoms with Crippen molar-refractivity contribution in [3.63, 3.8) is 0 Å². The van der Waals surface area contributed by atoms with E-state index in [1.807, 2.05) is 12.3 Å². The van der Waals surface area contributed by atoms with Gasteiger partial charge >= 0.3 is 0 Å². The Balaban J connectivity index is 1.71. The van der Waals surface area contributed by atoms with E-state index in [4.69, 9.17) is 0 Å². The summed E-state index contributed by atoms with van der Waals surface area (Å²) in [5.41, 5.74) is 4.43. The number of aromatic nitrogens is 3. The molecule has 0 aliphatic carbocycles. The van der Waals surface area contributed by atoms with E-state index in [1.54, 1.807) is 0 Å².